The first-order valence-corrected chi connectivity index (χ1v) is 16.8. The third-order valence-corrected chi connectivity index (χ3v) is 20.7. The summed E-state index contributed by atoms with van der Waals surface area (Å²) in [4.78, 5) is 12.3. The summed E-state index contributed by atoms with van der Waals surface area (Å²) in [5.74, 6) is -0.147. The van der Waals surface area contributed by atoms with E-state index in [1.165, 1.54) is 62.5 Å². The fourth-order valence-corrected chi connectivity index (χ4v) is 20.3. The molecule has 0 atom stereocenters. The van der Waals surface area contributed by atoms with Crippen LogP contribution in [0.25, 0.3) is 0 Å². The van der Waals surface area contributed by atoms with Crippen molar-refractivity contribution in [3.05, 3.63) is 29.8 Å². The Bertz CT molecular complexity index is 449. The topological polar surface area (TPSA) is 26.3 Å². The Balaban J connectivity index is 3.31. The van der Waals surface area contributed by atoms with Crippen LogP contribution in [-0.4, -0.2) is 31.5 Å². The molecule has 23 heavy (non-hydrogen) atoms. The number of benzene rings is 1. The van der Waals surface area contributed by atoms with Crippen molar-refractivity contribution in [2.45, 2.75) is 72.6 Å². The molecule has 0 heterocycles. The van der Waals surface area contributed by atoms with Gasteiger partial charge in [-0.05, 0) is 0 Å². The minimum absolute atomic E-state index is 0.147. The molecule has 2 nitrogen and oxygen atoms in total. The van der Waals surface area contributed by atoms with Crippen molar-refractivity contribution in [3.63, 3.8) is 0 Å². The molecule has 0 saturated carbocycles. The second kappa shape index (κ2) is 11.1. The molecule has 0 unspecified atom stereocenters. The van der Waals surface area contributed by atoms with Crippen LogP contribution in [0.5, 0.6) is 0 Å². The van der Waals surface area contributed by atoms with Gasteiger partial charge in [0.05, 0.1) is 0 Å². The fourth-order valence-electron chi connectivity index (χ4n) is 3.56. The van der Waals surface area contributed by atoms with Crippen LogP contribution in [-0.2, 0) is 4.74 Å². The SMILES string of the molecule is CCC[CH2][Sn]([CH2]CCC)([CH2]CCC)[c]1ccccc1C(=O)OC. The minimum atomic E-state index is -2.57. The summed E-state index contributed by atoms with van der Waals surface area (Å²) >= 11 is -2.57. The maximum absolute atomic E-state index is 12.3. The summed E-state index contributed by atoms with van der Waals surface area (Å²) in [5.41, 5.74) is 0.856. The molecule has 0 aliphatic rings. The molecule has 0 bridgehead atoms. The van der Waals surface area contributed by atoms with E-state index in [2.05, 4.69) is 32.9 Å². The van der Waals surface area contributed by atoms with Crippen molar-refractivity contribution < 1.29 is 9.53 Å². The van der Waals surface area contributed by atoms with E-state index in [0.29, 0.717) is 0 Å². The van der Waals surface area contributed by atoms with Crippen LogP contribution in [0.2, 0.25) is 13.3 Å². The molecule has 1 aromatic rings. The third-order valence-electron chi connectivity index (χ3n) is 4.93. The zero-order valence-electron chi connectivity index (χ0n) is 15.5. The molecule has 0 N–H and O–H groups in total. The van der Waals surface area contributed by atoms with Gasteiger partial charge >= 0.3 is 147 Å². The van der Waals surface area contributed by atoms with Gasteiger partial charge in [-0.1, -0.05) is 0 Å². The van der Waals surface area contributed by atoms with E-state index < -0.39 is 18.4 Å². The summed E-state index contributed by atoms with van der Waals surface area (Å²) < 4.78 is 10.6. The monoisotopic (exact) mass is 426 g/mol. The first kappa shape index (κ1) is 20.5. The Morgan fingerprint density at radius 2 is 1.39 bits per heavy atom. The second-order valence-corrected chi connectivity index (χ2v) is 19.8. The van der Waals surface area contributed by atoms with Crippen LogP contribution in [0.4, 0.5) is 0 Å². The van der Waals surface area contributed by atoms with Crippen LogP contribution in [0.15, 0.2) is 24.3 Å². The van der Waals surface area contributed by atoms with Crippen molar-refractivity contribution in [2.75, 3.05) is 7.11 Å². The number of carbonyl (C=O) groups excluding carboxylic acids is 1. The molecule has 0 aromatic heterocycles. The molecular formula is C20H34O2Sn. The molecule has 0 radical (unpaired) electrons. The second-order valence-electron chi connectivity index (χ2n) is 6.63. The van der Waals surface area contributed by atoms with E-state index in [4.69, 9.17) is 4.74 Å². The van der Waals surface area contributed by atoms with Gasteiger partial charge in [0, 0.05) is 0 Å². The summed E-state index contributed by atoms with van der Waals surface area (Å²) in [5, 5.41) is 0. The number of ether oxygens (including phenoxy) is 1. The third kappa shape index (κ3) is 5.81. The standard InChI is InChI=1S/C8H7O2.3C4H9.Sn/c1-10-8(9)7-5-3-2-4-6-7;3*1-3-4-2;/h2-5H,1H3;3*1,3-4H2,2H3;. The van der Waals surface area contributed by atoms with Crippen molar-refractivity contribution in [1.29, 1.82) is 0 Å². The van der Waals surface area contributed by atoms with Gasteiger partial charge in [-0.2, -0.15) is 0 Å². The number of rotatable bonds is 11. The van der Waals surface area contributed by atoms with Gasteiger partial charge < -0.3 is 0 Å². The number of hydrogen-bond donors (Lipinski definition) is 0. The van der Waals surface area contributed by atoms with Gasteiger partial charge in [0.15, 0.2) is 0 Å². The summed E-state index contributed by atoms with van der Waals surface area (Å²) in [7, 11) is 1.50. The van der Waals surface area contributed by atoms with Gasteiger partial charge in [0.1, 0.15) is 0 Å². The van der Waals surface area contributed by atoms with Gasteiger partial charge in [-0.15, -0.1) is 0 Å². The summed E-state index contributed by atoms with van der Waals surface area (Å²) in [6, 6.07) is 8.34. The molecule has 0 aliphatic carbocycles. The average molecular weight is 425 g/mol. The molecular weight excluding hydrogens is 391 g/mol. The molecule has 130 valence electrons. The molecule has 0 spiro atoms. The zero-order valence-corrected chi connectivity index (χ0v) is 18.3. The van der Waals surface area contributed by atoms with Gasteiger partial charge in [-0.25, -0.2) is 0 Å². The summed E-state index contributed by atoms with van der Waals surface area (Å²) in [6.45, 7) is 6.84. The Labute approximate surface area is 146 Å². The van der Waals surface area contributed by atoms with Crippen molar-refractivity contribution in [1.82, 2.24) is 0 Å². The quantitative estimate of drug-likeness (QED) is 0.344. The molecule has 0 amide bonds. The van der Waals surface area contributed by atoms with Crippen LogP contribution in [0.1, 0.15) is 69.7 Å². The fraction of sp³-hybridized carbons (Fsp3) is 0.650. The Hall–Kier alpha value is -0.511. The predicted octanol–water partition coefficient (Wildman–Crippen LogP) is 5.53. The molecule has 1 aromatic carbocycles. The number of hydrogen-bond acceptors (Lipinski definition) is 2. The average Bonchev–Trinajstić information content (AvgIpc) is 2.61. The zero-order chi connectivity index (χ0) is 17.1. The van der Waals surface area contributed by atoms with Crippen LogP contribution in [0, 0.1) is 0 Å². The van der Waals surface area contributed by atoms with E-state index in [-0.39, 0.29) is 5.97 Å². The number of carbonyl (C=O) groups is 1. The Morgan fingerprint density at radius 3 is 1.83 bits per heavy atom. The van der Waals surface area contributed by atoms with Crippen LogP contribution >= 0.6 is 0 Å². The first-order valence-electron chi connectivity index (χ1n) is 9.33. The first-order chi connectivity index (χ1) is 11.1. The summed E-state index contributed by atoms with van der Waals surface area (Å²) in [6.07, 6.45) is 7.66. The van der Waals surface area contributed by atoms with Crippen molar-refractivity contribution in [3.8, 4) is 0 Å². The van der Waals surface area contributed by atoms with Crippen molar-refractivity contribution in [2.24, 2.45) is 0 Å². The predicted molar refractivity (Wildman–Crippen MR) is 102 cm³/mol. The van der Waals surface area contributed by atoms with E-state index in [9.17, 15) is 4.79 Å². The normalized spacial score (nSPS) is 11.5. The van der Waals surface area contributed by atoms with Crippen molar-refractivity contribution >= 4 is 27.9 Å². The Morgan fingerprint density at radius 1 is 0.913 bits per heavy atom. The molecule has 0 fully saturated rings. The molecule has 0 aliphatic heterocycles. The van der Waals surface area contributed by atoms with E-state index in [1.807, 2.05) is 12.1 Å². The van der Waals surface area contributed by atoms with Crippen LogP contribution < -0.4 is 3.58 Å². The van der Waals surface area contributed by atoms with E-state index in [0.717, 1.165) is 5.56 Å². The molecule has 1 rings (SSSR count). The molecule has 0 saturated heterocycles. The van der Waals surface area contributed by atoms with E-state index >= 15 is 0 Å². The van der Waals surface area contributed by atoms with Gasteiger partial charge in [0.2, 0.25) is 0 Å². The molecule has 3 heteroatoms. The maximum atomic E-state index is 12.3. The Kier molecular flexibility index (Phi) is 9.92. The van der Waals surface area contributed by atoms with E-state index in [1.54, 1.807) is 0 Å². The number of unbranched alkanes of at least 4 members (excludes halogenated alkanes) is 3. The van der Waals surface area contributed by atoms with Gasteiger partial charge in [-0.3, -0.25) is 0 Å². The number of esters is 1. The number of methoxy groups -OCH3 is 1. The van der Waals surface area contributed by atoms with Crippen LogP contribution in [0.3, 0.4) is 0 Å². The van der Waals surface area contributed by atoms with Gasteiger partial charge in [0.25, 0.3) is 0 Å².